The zero-order valence-corrected chi connectivity index (χ0v) is 12.4. The highest BCUT2D eigenvalue weighted by Gasteiger charge is 2.15. The number of imidazole rings is 1. The fraction of sp³-hybridized carbons (Fsp3) is 0.471. The van der Waals surface area contributed by atoms with Gasteiger partial charge in [-0.3, -0.25) is 0 Å². The van der Waals surface area contributed by atoms with E-state index in [0.717, 1.165) is 17.2 Å². The van der Waals surface area contributed by atoms with Crippen molar-refractivity contribution in [1.29, 1.82) is 0 Å². The van der Waals surface area contributed by atoms with Gasteiger partial charge in [-0.05, 0) is 42.9 Å². The summed E-state index contributed by atoms with van der Waals surface area (Å²) in [5.74, 6) is 1.42. The molecule has 1 aromatic heterocycles. The van der Waals surface area contributed by atoms with Crippen LogP contribution in [0.1, 0.15) is 55.3 Å². The van der Waals surface area contributed by atoms with Gasteiger partial charge in [-0.15, -0.1) is 0 Å². The molecule has 3 N–H and O–H groups in total. The van der Waals surface area contributed by atoms with E-state index in [-0.39, 0.29) is 0 Å². The van der Waals surface area contributed by atoms with Crippen molar-refractivity contribution < 1.29 is 0 Å². The molecule has 1 aromatic carbocycles. The number of fused-ring (bicyclic) bond motifs is 1. The van der Waals surface area contributed by atoms with Gasteiger partial charge in [0, 0.05) is 18.0 Å². The van der Waals surface area contributed by atoms with Gasteiger partial charge in [0.25, 0.3) is 0 Å². The SMILES string of the molecule is CC(C)c1nc(-c2ccc3c(c2)CCCC3)c(CN)[nH]1. The Morgan fingerprint density at radius 3 is 2.65 bits per heavy atom. The van der Waals surface area contributed by atoms with E-state index >= 15 is 0 Å². The molecule has 0 amide bonds. The van der Waals surface area contributed by atoms with Gasteiger partial charge in [0.15, 0.2) is 0 Å². The molecule has 3 nitrogen and oxygen atoms in total. The van der Waals surface area contributed by atoms with E-state index in [9.17, 15) is 0 Å². The molecule has 1 aliphatic rings. The van der Waals surface area contributed by atoms with Crippen molar-refractivity contribution in [1.82, 2.24) is 9.97 Å². The van der Waals surface area contributed by atoms with Crippen LogP contribution in [0.5, 0.6) is 0 Å². The molecule has 0 atom stereocenters. The monoisotopic (exact) mass is 269 g/mol. The lowest BCUT2D eigenvalue weighted by atomic mass is 9.90. The number of nitrogens with two attached hydrogens (primary N) is 1. The molecular formula is C17H23N3. The number of aryl methyl sites for hydroxylation is 2. The molecule has 0 saturated carbocycles. The van der Waals surface area contributed by atoms with Gasteiger partial charge in [-0.25, -0.2) is 4.98 Å². The topological polar surface area (TPSA) is 54.7 Å². The second kappa shape index (κ2) is 5.41. The number of aromatic nitrogens is 2. The summed E-state index contributed by atoms with van der Waals surface area (Å²) in [6.07, 6.45) is 5.04. The molecule has 2 aromatic rings. The maximum Gasteiger partial charge on any atom is 0.109 e. The summed E-state index contributed by atoms with van der Waals surface area (Å²) in [5.41, 5.74) is 12.1. The summed E-state index contributed by atoms with van der Waals surface area (Å²) >= 11 is 0. The Morgan fingerprint density at radius 2 is 1.95 bits per heavy atom. The minimum Gasteiger partial charge on any atom is -0.344 e. The summed E-state index contributed by atoms with van der Waals surface area (Å²) in [6.45, 7) is 4.80. The van der Waals surface area contributed by atoms with E-state index in [1.807, 2.05) is 0 Å². The lowest BCUT2D eigenvalue weighted by Crippen LogP contribution is -2.03. The number of hydrogen-bond acceptors (Lipinski definition) is 2. The third-order valence-electron chi connectivity index (χ3n) is 4.17. The van der Waals surface area contributed by atoms with E-state index in [0.29, 0.717) is 12.5 Å². The molecule has 3 heteroatoms. The van der Waals surface area contributed by atoms with Crippen molar-refractivity contribution >= 4 is 0 Å². The van der Waals surface area contributed by atoms with Crippen LogP contribution in [0.4, 0.5) is 0 Å². The Morgan fingerprint density at radius 1 is 1.20 bits per heavy atom. The first-order valence-corrected chi connectivity index (χ1v) is 7.60. The predicted octanol–water partition coefficient (Wildman–Crippen LogP) is 3.54. The number of rotatable bonds is 3. The van der Waals surface area contributed by atoms with Crippen molar-refractivity contribution in [2.75, 3.05) is 0 Å². The lowest BCUT2D eigenvalue weighted by Gasteiger charge is -2.16. The minimum atomic E-state index is 0.395. The Hall–Kier alpha value is -1.61. The van der Waals surface area contributed by atoms with Gasteiger partial charge in [-0.2, -0.15) is 0 Å². The lowest BCUT2D eigenvalue weighted by molar-refractivity contribution is 0.686. The Labute approximate surface area is 120 Å². The molecule has 0 aliphatic heterocycles. The molecule has 3 rings (SSSR count). The zero-order valence-electron chi connectivity index (χ0n) is 12.4. The Bertz CT molecular complexity index is 611. The standard InChI is InChI=1S/C17H23N3/c1-11(2)17-19-15(10-18)16(20-17)14-8-7-12-5-3-4-6-13(12)9-14/h7-9,11H,3-6,10,18H2,1-2H3,(H,19,20). The maximum atomic E-state index is 5.87. The molecule has 106 valence electrons. The van der Waals surface area contributed by atoms with E-state index in [1.165, 1.54) is 42.4 Å². The molecule has 20 heavy (non-hydrogen) atoms. The van der Waals surface area contributed by atoms with Crippen molar-refractivity contribution in [2.45, 2.75) is 52.0 Å². The quantitative estimate of drug-likeness (QED) is 0.895. The first-order chi connectivity index (χ1) is 9.69. The van der Waals surface area contributed by atoms with Gasteiger partial charge in [-0.1, -0.05) is 26.0 Å². The maximum absolute atomic E-state index is 5.87. The summed E-state index contributed by atoms with van der Waals surface area (Å²) in [4.78, 5) is 8.14. The molecule has 0 radical (unpaired) electrons. The molecule has 1 aliphatic carbocycles. The average molecular weight is 269 g/mol. The van der Waals surface area contributed by atoms with Crippen LogP contribution in [0.2, 0.25) is 0 Å². The van der Waals surface area contributed by atoms with Crippen molar-refractivity contribution in [3.05, 3.63) is 40.8 Å². The Kier molecular flexibility index (Phi) is 3.62. The van der Waals surface area contributed by atoms with Gasteiger partial charge in [0.2, 0.25) is 0 Å². The number of H-pyrrole nitrogens is 1. The van der Waals surface area contributed by atoms with E-state index in [4.69, 9.17) is 10.7 Å². The molecule has 0 bridgehead atoms. The summed E-state index contributed by atoms with van der Waals surface area (Å²) in [7, 11) is 0. The van der Waals surface area contributed by atoms with E-state index < -0.39 is 0 Å². The van der Waals surface area contributed by atoms with Crippen molar-refractivity contribution in [3.63, 3.8) is 0 Å². The van der Waals surface area contributed by atoms with Crippen LogP contribution in [0.3, 0.4) is 0 Å². The van der Waals surface area contributed by atoms with E-state index in [1.54, 1.807) is 0 Å². The van der Waals surface area contributed by atoms with Crippen LogP contribution in [-0.4, -0.2) is 9.97 Å². The third-order valence-corrected chi connectivity index (χ3v) is 4.17. The van der Waals surface area contributed by atoms with Crippen LogP contribution >= 0.6 is 0 Å². The van der Waals surface area contributed by atoms with Gasteiger partial charge >= 0.3 is 0 Å². The van der Waals surface area contributed by atoms with Crippen LogP contribution in [0.15, 0.2) is 18.2 Å². The zero-order chi connectivity index (χ0) is 14.1. The number of aromatic amines is 1. The smallest absolute Gasteiger partial charge is 0.109 e. The third kappa shape index (κ3) is 2.38. The van der Waals surface area contributed by atoms with Crippen LogP contribution in [0.25, 0.3) is 11.3 Å². The normalized spacial score (nSPS) is 14.6. The second-order valence-electron chi connectivity index (χ2n) is 6.00. The minimum absolute atomic E-state index is 0.395. The molecule has 1 heterocycles. The number of nitrogens with zero attached hydrogens (tertiary/aromatic N) is 1. The second-order valence-corrected chi connectivity index (χ2v) is 6.00. The molecule has 0 unspecified atom stereocenters. The van der Waals surface area contributed by atoms with Crippen LogP contribution < -0.4 is 5.73 Å². The van der Waals surface area contributed by atoms with Gasteiger partial charge in [0.05, 0.1) is 11.4 Å². The molecule has 0 saturated heterocycles. The predicted molar refractivity (Wildman–Crippen MR) is 82.6 cm³/mol. The Balaban J connectivity index is 2.04. The van der Waals surface area contributed by atoms with Crippen LogP contribution in [-0.2, 0) is 19.4 Å². The average Bonchev–Trinajstić information content (AvgIpc) is 2.91. The summed E-state index contributed by atoms with van der Waals surface area (Å²) < 4.78 is 0. The van der Waals surface area contributed by atoms with Gasteiger partial charge < -0.3 is 10.7 Å². The molecule has 0 fully saturated rings. The first kappa shape index (κ1) is 13.4. The molecular weight excluding hydrogens is 246 g/mol. The summed E-state index contributed by atoms with van der Waals surface area (Å²) in [5, 5.41) is 0. The highest BCUT2D eigenvalue weighted by molar-refractivity contribution is 5.64. The first-order valence-electron chi connectivity index (χ1n) is 7.60. The fourth-order valence-electron chi connectivity index (χ4n) is 2.97. The number of benzene rings is 1. The summed E-state index contributed by atoms with van der Waals surface area (Å²) in [6, 6.07) is 6.78. The highest BCUT2D eigenvalue weighted by Crippen LogP contribution is 2.29. The van der Waals surface area contributed by atoms with Crippen molar-refractivity contribution in [3.8, 4) is 11.3 Å². The number of hydrogen-bond donors (Lipinski definition) is 2. The number of nitrogens with one attached hydrogen (secondary N) is 1. The highest BCUT2D eigenvalue weighted by atomic mass is 15.0. The molecule has 0 spiro atoms. The van der Waals surface area contributed by atoms with Crippen molar-refractivity contribution in [2.24, 2.45) is 5.73 Å². The fourth-order valence-corrected chi connectivity index (χ4v) is 2.97. The van der Waals surface area contributed by atoms with Crippen LogP contribution in [0, 0.1) is 0 Å². The van der Waals surface area contributed by atoms with E-state index in [2.05, 4.69) is 37.0 Å². The largest absolute Gasteiger partial charge is 0.344 e. The van der Waals surface area contributed by atoms with Gasteiger partial charge in [0.1, 0.15) is 5.82 Å².